The van der Waals surface area contributed by atoms with Crippen LogP contribution in [0.2, 0.25) is 5.02 Å². The van der Waals surface area contributed by atoms with Gasteiger partial charge in [-0.25, -0.2) is 4.39 Å². The number of carbonyl (C=O) groups excluding carboxylic acids is 1. The summed E-state index contributed by atoms with van der Waals surface area (Å²) in [6, 6.07) is 22.2. The van der Waals surface area contributed by atoms with Gasteiger partial charge in [0.05, 0.1) is 11.9 Å². The van der Waals surface area contributed by atoms with Crippen LogP contribution in [0.1, 0.15) is 40.5 Å². The molecule has 7 rings (SSSR count). The summed E-state index contributed by atoms with van der Waals surface area (Å²) < 4.78 is 17.8. The molecule has 0 saturated heterocycles. The Labute approximate surface area is 262 Å². The minimum absolute atomic E-state index is 0.0783. The summed E-state index contributed by atoms with van der Waals surface area (Å²) in [5, 5.41) is 33.3. The number of nitrogens with zero attached hydrogens (tertiary/aromatic N) is 7. The van der Waals surface area contributed by atoms with Crippen LogP contribution in [-0.4, -0.2) is 41.9 Å². The van der Waals surface area contributed by atoms with Crippen molar-refractivity contribution in [2.24, 2.45) is 0 Å². The lowest BCUT2D eigenvalue weighted by atomic mass is 10.0. The Kier molecular flexibility index (Phi) is 7.52. The molecule has 1 N–H and O–H groups in total. The van der Waals surface area contributed by atoms with Gasteiger partial charge in [0.1, 0.15) is 18.2 Å². The van der Waals surface area contributed by atoms with Gasteiger partial charge in [0.2, 0.25) is 5.69 Å². The molecule has 1 saturated carbocycles. The maximum Gasteiger partial charge on any atom is 0.251 e. The first kappa shape index (κ1) is 28.4. The lowest BCUT2D eigenvalue weighted by Crippen LogP contribution is -2.36. The van der Waals surface area contributed by atoms with E-state index in [1.54, 1.807) is 59.4 Å². The van der Waals surface area contributed by atoms with Crippen LogP contribution in [0.25, 0.3) is 27.9 Å². The molecule has 0 spiro atoms. The minimum atomic E-state index is -0.516. The number of nitrogens with one attached hydrogen (secondary N) is 1. The Morgan fingerprint density at radius 2 is 1.80 bits per heavy atom. The van der Waals surface area contributed by atoms with Crippen molar-refractivity contribution in [3.63, 3.8) is 0 Å². The zero-order chi connectivity index (χ0) is 30.9. The third-order valence-corrected chi connectivity index (χ3v) is 8.04. The first-order valence-electron chi connectivity index (χ1n) is 14.4. The van der Waals surface area contributed by atoms with Crippen LogP contribution in [0.5, 0.6) is 0 Å². The molecule has 6 aromatic rings. The molecule has 1 atom stereocenters. The molecule has 0 radical (unpaired) electrons. The highest BCUT2D eigenvalue weighted by atomic mass is 35.5. The van der Waals surface area contributed by atoms with E-state index in [2.05, 4.69) is 25.9 Å². The molecule has 1 amide bonds. The van der Waals surface area contributed by atoms with Gasteiger partial charge < -0.3 is 10.5 Å². The standard InChI is InChI=1S/C33H26ClFN8O2/c34-26-8-14-30(42-20-36-39-40-42)29(16-26)24-7-13-31(43(45)19-24)32(15-21-1-9-27(35)10-2-21)41-18-25(17-37-41)22-3-5-23(6-4-22)33(44)38-28-11-12-28/h1-10,13-14,16-20,28,32H,11-12,15H2,(H,38,44). The van der Waals surface area contributed by atoms with E-state index in [0.717, 1.165) is 34.3 Å². The van der Waals surface area contributed by atoms with Gasteiger partial charge in [-0.05, 0) is 82.9 Å². The quantitative estimate of drug-likeness (QED) is 0.172. The van der Waals surface area contributed by atoms with Gasteiger partial charge in [-0.2, -0.15) is 14.5 Å². The Hall–Kier alpha value is -5.42. The van der Waals surface area contributed by atoms with E-state index in [-0.39, 0.29) is 17.8 Å². The van der Waals surface area contributed by atoms with Crippen molar-refractivity contribution in [2.45, 2.75) is 31.3 Å². The van der Waals surface area contributed by atoms with Crippen LogP contribution in [0.15, 0.2) is 104 Å². The first-order valence-corrected chi connectivity index (χ1v) is 14.8. The molecule has 3 aromatic heterocycles. The molecule has 0 bridgehead atoms. The Bertz CT molecular complexity index is 1970. The highest BCUT2D eigenvalue weighted by molar-refractivity contribution is 6.31. The highest BCUT2D eigenvalue weighted by Crippen LogP contribution is 2.31. The van der Waals surface area contributed by atoms with Gasteiger partial charge in [-0.1, -0.05) is 35.9 Å². The molecule has 3 aromatic carbocycles. The van der Waals surface area contributed by atoms with Crippen molar-refractivity contribution in [2.75, 3.05) is 0 Å². The van der Waals surface area contributed by atoms with E-state index >= 15 is 0 Å². The summed E-state index contributed by atoms with van der Waals surface area (Å²) in [5.41, 5.74) is 5.54. The number of rotatable bonds is 9. The number of benzene rings is 3. The SMILES string of the molecule is O=C(NC1CC1)c1ccc(-c2cnn(C(Cc3ccc(F)cc3)c3ccc(-c4cc(Cl)ccc4-n4cnnn4)c[n+]3[O-])c2)cc1. The highest BCUT2D eigenvalue weighted by Gasteiger charge is 2.26. The van der Waals surface area contributed by atoms with Crippen LogP contribution >= 0.6 is 11.6 Å². The average molecular weight is 621 g/mol. The summed E-state index contributed by atoms with van der Waals surface area (Å²) >= 11 is 6.33. The number of carbonyl (C=O) groups is 1. The van der Waals surface area contributed by atoms with Gasteiger partial charge >= 0.3 is 0 Å². The number of amides is 1. The Morgan fingerprint density at radius 1 is 1.02 bits per heavy atom. The zero-order valence-corrected chi connectivity index (χ0v) is 24.5. The molecule has 1 unspecified atom stereocenters. The Morgan fingerprint density at radius 3 is 2.51 bits per heavy atom. The number of aromatic nitrogens is 7. The number of pyridine rings is 1. The first-order chi connectivity index (χ1) is 21.9. The Balaban J connectivity index is 1.22. The number of tetrazole rings is 1. The fraction of sp³-hybridized carbons (Fsp3) is 0.152. The molecular weight excluding hydrogens is 595 g/mol. The largest absolute Gasteiger partial charge is 0.618 e. The van der Waals surface area contributed by atoms with E-state index < -0.39 is 6.04 Å². The maximum atomic E-state index is 13.7. The van der Waals surface area contributed by atoms with E-state index in [4.69, 9.17) is 11.6 Å². The summed E-state index contributed by atoms with van der Waals surface area (Å²) in [6.07, 6.45) is 8.99. The molecule has 0 aliphatic heterocycles. The van der Waals surface area contributed by atoms with Crippen molar-refractivity contribution in [1.82, 2.24) is 35.3 Å². The molecule has 1 aliphatic rings. The maximum absolute atomic E-state index is 13.7. The second kappa shape index (κ2) is 11.9. The number of hydrogen-bond acceptors (Lipinski definition) is 6. The molecule has 45 heavy (non-hydrogen) atoms. The monoisotopic (exact) mass is 620 g/mol. The molecule has 1 aliphatic carbocycles. The fourth-order valence-corrected chi connectivity index (χ4v) is 5.44. The minimum Gasteiger partial charge on any atom is -0.618 e. The van der Waals surface area contributed by atoms with E-state index in [1.165, 1.54) is 29.3 Å². The van der Waals surface area contributed by atoms with Crippen LogP contribution < -0.4 is 10.0 Å². The molecular formula is C33H26ClFN8O2. The molecule has 10 nitrogen and oxygen atoms in total. The molecule has 12 heteroatoms. The smallest absolute Gasteiger partial charge is 0.251 e. The van der Waals surface area contributed by atoms with Crippen molar-refractivity contribution >= 4 is 17.5 Å². The lowest BCUT2D eigenvalue weighted by Gasteiger charge is -2.18. The van der Waals surface area contributed by atoms with Gasteiger partial charge in [0.15, 0.2) is 6.20 Å². The number of hydrogen-bond donors (Lipinski definition) is 1. The zero-order valence-electron chi connectivity index (χ0n) is 23.8. The predicted molar refractivity (Wildman–Crippen MR) is 165 cm³/mol. The van der Waals surface area contributed by atoms with Crippen molar-refractivity contribution < 1.29 is 13.9 Å². The summed E-state index contributed by atoms with van der Waals surface area (Å²) in [4.78, 5) is 12.4. The summed E-state index contributed by atoms with van der Waals surface area (Å²) in [7, 11) is 0. The predicted octanol–water partition coefficient (Wildman–Crippen LogP) is 5.34. The van der Waals surface area contributed by atoms with Gasteiger partial charge in [-0.15, -0.1) is 5.10 Å². The molecule has 224 valence electrons. The fourth-order valence-electron chi connectivity index (χ4n) is 5.27. The third kappa shape index (κ3) is 6.16. The van der Waals surface area contributed by atoms with Crippen molar-refractivity contribution in [3.05, 3.63) is 137 Å². The van der Waals surface area contributed by atoms with Crippen LogP contribution in [0.3, 0.4) is 0 Å². The van der Waals surface area contributed by atoms with Gasteiger partial charge in [-0.3, -0.25) is 9.48 Å². The van der Waals surface area contributed by atoms with E-state index in [1.807, 2.05) is 24.4 Å². The number of halogens is 2. The molecule has 3 heterocycles. The average Bonchev–Trinajstić information content (AvgIpc) is 3.47. The van der Waals surface area contributed by atoms with Gasteiger partial charge in [0.25, 0.3) is 5.91 Å². The van der Waals surface area contributed by atoms with E-state index in [9.17, 15) is 14.4 Å². The van der Waals surface area contributed by atoms with Crippen LogP contribution in [-0.2, 0) is 6.42 Å². The lowest BCUT2D eigenvalue weighted by molar-refractivity contribution is -0.615. The summed E-state index contributed by atoms with van der Waals surface area (Å²) in [6.45, 7) is 0. The normalized spacial score (nSPS) is 13.5. The van der Waals surface area contributed by atoms with Crippen molar-refractivity contribution in [1.29, 1.82) is 0 Å². The van der Waals surface area contributed by atoms with Crippen molar-refractivity contribution in [3.8, 4) is 27.9 Å². The third-order valence-electron chi connectivity index (χ3n) is 7.81. The second-order valence-corrected chi connectivity index (χ2v) is 11.4. The van der Waals surface area contributed by atoms with Crippen LogP contribution in [0.4, 0.5) is 4.39 Å². The topological polar surface area (TPSA) is 117 Å². The molecule has 1 fully saturated rings. The van der Waals surface area contributed by atoms with Gasteiger partial charge in [0, 0.05) is 52.0 Å². The second-order valence-electron chi connectivity index (χ2n) is 11.0. The van der Waals surface area contributed by atoms with E-state index in [0.29, 0.717) is 39.5 Å². The summed E-state index contributed by atoms with van der Waals surface area (Å²) in [5.74, 6) is -0.417. The van der Waals surface area contributed by atoms with Crippen LogP contribution in [0, 0.1) is 11.0 Å².